The first-order chi connectivity index (χ1) is 6.65. The molecule has 14 heavy (non-hydrogen) atoms. The molecule has 78 valence electrons. The SMILES string of the molecule is CCC(C)NCc1ccoc1C(=O)O. The van der Waals surface area contributed by atoms with E-state index in [0.29, 0.717) is 18.2 Å². The molecule has 4 nitrogen and oxygen atoms in total. The minimum atomic E-state index is -1.02. The van der Waals surface area contributed by atoms with Crippen LogP contribution in [0.2, 0.25) is 0 Å². The van der Waals surface area contributed by atoms with Crippen LogP contribution in [0.15, 0.2) is 16.7 Å². The van der Waals surface area contributed by atoms with Gasteiger partial charge in [-0.25, -0.2) is 4.79 Å². The fourth-order valence-corrected chi connectivity index (χ4v) is 1.09. The second kappa shape index (κ2) is 4.81. The first-order valence-corrected chi connectivity index (χ1v) is 4.68. The zero-order valence-electron chi connectivity index (χ0n) is 8.41. The van der Waals surface area contributed by atoms with Crippen molar-refractivity contribution in [2.45, 2.75) is 32.9 Å². The Balaban J connectivity index is 2.58. The molecule has 0 aliphatic rings. The lowest BCUT2D eigenvalue weighted by Crippen LogP contribution is -2.24. The summed E-state index contributed by atoms with van der Waals surface area (Å²) in [7, 11) is 0. The number of hydrogen-bond donors (Lipinski definition) is 2. The Hall–Kier alpha value is -1.29. The van der Waals surface area contributed by atoms with Gasteiger partial charge in [-0.15, -0.1) is 0 Å². The number of furan rings is 1. The van der Waals surface area contributed by atoms with Crippen LogP contribution < -0.4 is 5.32 Å². The maximum Gasteiger partial charge on any atom is 0.372 e. The standard InChI is InChI=1S/C10H15NO3/c1-3-7(2)11-6-8-4-5-14-9(8)10(12)13/h4-5,7,11H,3,6H2,1-2H3,(H,12,13). The average molecular weight is 197 g/mol. The van der Waals surface area contributed by atoms with E-state index >= 15 is 0 Å². The third-order valence-electron chi connectivity index (χ3n) is 2.19. The van der Waals surface area contributed by atoms with Gasteiger partial charge in [0.25, 0.3) is 0 Å². The topological polar surface area (TPSA) is 62.5 Å². The van der Waals surface area contributed by atoms with E-state index in [-0.39, 0.29) is 5.76 Å². The zero-order valence-corrected chi connectivity index (χ0v) is 8.41. The van der Waals surface area contributed by atoms with Crippen molar-refractivity contribution in [3.63, 3.8) is 0 Å². The molecule has 0 bridgehead atoms. The van der Waals surface area contributed by atoms with Crippen molar-refractivity contribution in [1.82, 2.24) is 5.32 Å². The Morgan fingerprint density at radius 2 is 2.43 bits per heavy atom. The van der Waals surface area contributed by atoms with Gasteiger partial charge in [-0.2, -0.15) is 0 Å². The van der Waals surface area contributed by atoms with E-state index in [1.54, 1.807) is 6.07 Å². The molecule has 1 heterocycles. The van der Waals surface area contributed by atoms with E-state index in [4.69, 9.17) is 9.52 Å². The summed E-state index contributed by atoms with van der Waals surface area (Å²) in [4.78, 5) is 10.7. The molecular weight excluding hydrogens is 182 g/mol. The molecular formula is C10H15NO3. The molecule has 0 radical (unpaired) electrons. The minimum absolute atomic E-state index is 0.0285. The highest BCUT2D eigenvalue weighted by Gasteiger charge is 2.13. The summed E-state index contributed by atoms with van der Waals surface area (Å²) in [5.74, 6) is -0.989. The van der Waals surface area contributed by atoms with Gasteiger partial charge in [-0.1, -0.05) is 6.92 Å². The average Bonchev–Trinajstić information content (AvgIpc) is 2.62. The van der Waals surface area contributed by atoms with Crippen LogP contribution in [0.3, 0.4) is 0 Å². The molecule has 0 aromatic carbocycles. The molecule has 2 N–H and O–H groups in total. The largest absolute Gasteiger partial charge is 0.475 e. The fraction of sp³-hybridized carbons (Fsp3) is 0.500. The fourth-order valence-electron chi connectivity index (χ4n) is 1.09. The lowest BCUT2D eigenvalue weighted by molar-refractivity contribution is 0.0660. The summed E-state index contributed by atoms with van der Waals surface area (Å²) in [6, 6.07) is 2.06. The predicted octanol–water partition coefficient (Wildman–Crippen LogP) is 1.87. The van der Waals surface area contributed by atoms with E-state index in [2.05, 4.69) is 19.2 Å². The highest BCUT2D eigenvalue weighted by Crippen LogP contribution is 2.10. The molecule has 0 saturated heterocycles. The molecule has 1 aromatic heterocycles. The van der Waals surface area contributed by atoms with Crippen molar-refractivity contribution in [3.05, 3.63) is 23.7 Å². The molecule has 1 aromatic rings. The monoisotopic (exact) mass is 197 g/mol. The van der Waals surface area contributed by atoms with Gasteiger partial charge in [0.1, 0.15) is 0 Å². The van der Waals surface area contributed by atoms with E-state index in [1.165, 1.54) is 6.26 Å². The Morgan fingerprint density at radius 3 is 3.00 bits per heavy atom. The van der Waals surface area contributed by atoms with Crippen molar-refractivity contribution in [1.29, 1.82) is 0 Å². The third-order valence-corrected chi connectivity index (χ3v) is 2.19. The van der Waals surface area contributed by atoms with Gasteiger partial charge in [0, 0.05) is 18.2 Å². The maximum atomic E-state index is 10.7. The Bertz CT molecular complexity index is 306. The predicted molar refractivity (Wildman–Crippen MR) is 52.3 cm³/mol. The van der Waals surface area contributed by atoms with E-state index in [0.717, 1.165) is 6.42 Å². The first-order valence-electron chi connectivity index (χ1n) is 4.68. The normalized spacial score (nSPS) is 12.7. The van der Waals surface area contributed by atoms with Gasteiger partial charge in [0.2, 0.25) is 5.76 Å². The maximum absolute atomic E-state index is 10.7. The molecule has 0 amide bonds. The van der Waals surface area contributed by atoms with Gasteiger partial charge >= 0.3 is 5.97 Å². The Labute approximate surface area is 82.9 Å². The van der Waals surface area contributed by atoms with E-state index < -0.39 is 5.97 Å². The summed E-state index contributed by atoms with van der Waals surface area (Å²) < 4.78 is 4.85. The summed E-state index contributed by atoms with van der Waals surface area (Å²) >= 11 is 0. The van der Waals surface area contributed by atoms with E-state index in [9.17, 15) is 4.79 Å². The quantitative estimate of drug-likeness (QED) is 0.756. The van der Waals surface area contributed by atoms with Crippen molar-refractivity contribution in [2.75, 3.05) is 0 Å². The molecule has 1 unspecified atom stereocenters. The van der Waals surface area contributed by atoms with Crippen LogP contribution in [0.25, 0.3) is 0 Å². The summed E-state index contributed by atoms with van der Waals surface area (Å²) in [5.41, 5.74) is 0.692. The highest BCUT2D eigenvalue weighted by molar-refractivity contribution is 5.86. The second-order valence-corrected chi connectivity index (χ2v) is 3.27. The third kappa shape index (κ3) is 2.60. The van der Waals surface area contributed by atoms with Gasteiger partial charge in [0.15, 0.2) is 0 Å². The van der Waals surface area contributed by atoms with Crippen LogP contribution in [0.4, 0.5) is 0 Å². The molecule has 0 saturated carbocycles. The van der Waals surface area contributed by atoms with Crippen LogP contribution in [0.5, 0.6) is 0 Å². The first kappa shape index (κ1) is 10.8. The molecule has 4 heteroatoms. The van der Waals surface area contributed by atoms with Crippen LogP contribution in [-0.2, 0) is 6.54 Å². The number of carboxylic acids is 1. The number of carboxylic acid groups (broad SMARTS) is 1. The lowest BCUT2D eigenvalue weighted by Gasteiger charge is -2.09. The van der Waals surface area contributed by atoms with Gasteiger partial charge in [-0.3, -0.25) is 0 Å². The lowest BCUT2D eigenvalue weighted by atomic mass is 10.2. The number of hydrogen-bond acceptors (Lipinski definition) is 3. The summed E-state index contributed by atoms with van der Waals surface area (Å²) in [5, 5.41) is 12.0. The van der Waals surface area contributed by atoms with Crippen molar-refractivity contribution >= 4 is 5.97 Å². The Morgan fingerprint density at radius 1 is 1.71 bits per heavy atom. The van der Waals surface area contributed by atoms with Crippen molar-refractivity contribution < 1.29 is 14.3 Å². The van der Waals surface area contributed by atoms with Crippen LogP contribution in [-0.4, -0.2) is 17.1 Å². The smallest absolute Gasteiger partial charge is 0.372 e. The summed E-state index contributed by atoms with van der Waals surface area (Å²) in [6.45, 7) is 4.67. The van der Waals surface area contributed by atoms with Crippen LogP contribution in [0.1, 0.15) is 36.4 Å². The minimum Gasteiger partial charge on any atom is -0.475 e. The zero-order chi connectivity index (χ0) is 10.6. The number of nitrogens with one attached hydrogen (secondary N) is 1. The molecule has 0 spiro atoms. The number of carbonyl (C=O) groups is 1. The van der Waals surface area contributed by atoms with E-state index in [1.807, 2.05) is 0 Å². The second-order valence-electron chi connectivity index (χ2n) is 3.27. The van der Waals surface area contributed by atoms with Crippen LogP contribution in [0, 0.1) is 0 Å². The highest BCUT2D eigenvalue weighted by atomic mass is 16.4. The number of aromatic carboxylic acids is 1. The van der Waals surface area contributed by atoms with Gasteiger partial charge in [-0.05, 0) is 19.4 Å². The Kier molecular flexibility index (Phi) is 3.71. The van der Waals surface area contributed by atoms with Crippen molar-refractivity contribution in [2.24, 2.45) is 0 Å². The summed E-state index contributed by atoms with van der Waals surface area (Å²) in [6.07, 6.45) is 2.41. The number of rotatable bonds is 5. The van der Waals surface area contributed by atoms with Gasteiger partial charge < -0.3 is 14.8 Å². The molecule has 0 fully saturated rings. The molecule has 0 aliphatic carbocycles. The van der Waals surface area contributed by atoms with Crippen molar-refractivity contribution in [3.8, 4) is 0 Å². The van der Waals surface area contributed by atoms with Gasteiger partial charge in [0.05, 0.1) is 6.26 Å². The molecule has 0 aliphatic heterocycles. The molecule has 1 atom stereocenters. The van der Waals surface area contributed by atoms with Crippen LogP contribution >= 0.6 is 0 Å². The molecule has 1 rings (SSSR count).